The predicted octanol–water partition coefficient (Wildman–Crippen LogP) is 1.65. The second-order valence-corrected chi connectivity index (χ2v) is 9.38. The number of halogens is 1. The van der Waals surface area contributed by atoms with Gasteiger partial charge in [-0.2, -0.15) is 0 Å². The third-order valence-corrected chi connectivity index (χ3v) is 6.23. The van der Waals surface area contributed by atoms with E-state index in [1.807, 2.05) is 5.01 Å². The predicted molar refractivity (Wildman–Crippen MR) is 125 cm³/mol. The van der Waals surface area contributed by atoms with Crippen molar-refractivity contribution in [1.82, 2.24) is 29.8 Å². The molecule has 0 radical (unpaired) electrons. The highest BCUT2D eigenvalue weighted by Crippen LogP contribution is 2.22. The molecule has 4 rings (SSSR count). The number of anilines is 1. The third-order valence-electron chi connectivity index (χ3n) is 5.98. The van der Waals surface area contributed by atoms with Crippen LogP contribution >= 0.6 is 11.6 Å². The van der Waals surface area contributed by atoms with Crippen molar-refractivity contribution in [2.24, 2.45) is 0 Å². The summed E-state index contributed by atoms with van der Waals surface area (Å²) in [5, 5.41) is 20.0. The third kappa shape index (κ3) is 4.86. The summed E-state index contributed by atoms with van der Waals surface area (Å²) in [5.41, 5.74) is -0.160. The first-order valence-corrected chi connectivity index (χ1v) is 11.4. The summed E-state index contributed by atoms with van der Waals surface area (Å²) in [5.74, 6) is 0.254. The molecule has 2 aliphatic rings. The van der Waals surface area contributed by atoms with Gasteiger partial charge in [-0.05, 0) is 45.0 Å². The number of nitrogens with one attached hydrogen (secondary N) is 2. The molecule has 0 saturated carbocycles. The highest BCUT2D eigenvalue weighted by Gasteiger charge is 2.40. The van der Waals surface area contributed by atoms with Crippen molar-refractivity contribution in [2.45, 2.75) is 39.0 Å². The average molecular weight is 490 g/mol. The van der Waals surface area contributed by atoms with Crippen molar-refractivity contribution in [2.75, 3.05) is 31.5 Å². The van der Waals surface area contributed by atoms with Crippen LogP contribution in [-0.4, -0.2) is 85.4 Å². The number of aryl methyl sites for hydroxylation is 1. The van der Waals surface area contributed by atoms with E-state index in [1.165, 1.54) is 13.8 Å². The van der Waals surface area contributed by atoms with Crippen LogP contribution in [0.2, 0.25) is 5.02 Å². The summed E-state index contributed by atoms with van der Waals surface area (Å²) < 4.78 is 1.59. The van der Waals surface area contributed by atoms with Crippen molar-refractivity contribution in [3.8, 4) is 0 Å². The Hall–Kier alpha value is -3.15. The molecule has 1 unspecified atom stereocenters. The zero-order valence-electron chi connectivity index (χ0n) is 19.3. The van der Waals surface area contributed by atoms with Gasteiger partial charge in [-0.15, -0.1) is 0 Å². The molecule has 2 aromatic rings. The zero-order valence-corrected chi connectivity index (χ0v) is 20.0. The number of hydrogen-bond donors (Lipinski definition) is 3. The lowest BCUT2D eigenvalue weighted by Crippen LogP contribution is -2.63. The Balaban J connectivity index is 1.36. The van der Waals surface area contributed by atoms with Gasteiger partial charge in [-0.1, -0.05) is 11.6 Å². The lowest BCUT2D eigenvalue weighted by Gasteiger charge is -2.41. The molecule has 2 aliphatic heterocycles. The molecule has 3 heterocycles. The highest BCUT2D eigenvalue weighted by molar-refractivity contribution is 6.30. The number of piperazine rings is 1. The van der Waals surface area contributed by atoms with Crippen LogP contribution in [0.5, 0.6) is 0 Å². The number of urea groups is 1. The molecule has 182 valence electrons. The van der Waals surface area contributed by atoms with Gasteiger partial charge < -0.3 is 20.6 Å². The van der Waals surface area contributed by atoms with Crippen LogP contribution in [-0.2, 0) is 11.3 Å². The van der Waals surface area contributed by atoms with E-state index in [1.54, 1.807) is 51.9 Å². The Morgan fingerprint density at radius 2 is 1.79 bits per heavy atom. The number of fused-ring (bicyclic) bond motifs is 1. The molecular formula is C22H28ClN7O4. The molecule has 3 N–H and O–H groups in total. The average Bonchev–Trinajstić information content (AvgIpc) is 3.32. The van der Waals surface area contributed by atoms with E-state index in [0.717, 1.165) is 5.69 Å². The molecule has 4 amide bonds. The minimum Gasteiger partial charge on any atom is -0.388 e. The molecule has 1 atom stereocenters. The molecule has 1 fully saturated rings. The lowest BCUT2D eigenvalue weighted by molar-refractivity contribution is -0.142. The Morgan fingerprint density at radius 1 is 1.15 bits per heavy atom. The number of carbonyl (C=O) groups is 3. The van der Waals surface area contributed by atoms with Crippen molar-refractivity contribution in [3.63, 3.8) is 0 Å². The Morgan fingerprint density at radius 3 is 2.38 bits per heavy atom. The standard InChI is InChI=1S/C22H28ClN7O4/c1-14-24-12-17-13-29(21(33)30(14)17)28-10-8-27(9-11-28)19(31)18(22(2,3)34)26-20(32)25-16-6-4-15(23)5-7-16/h4-7,12,18,34H,8-11,13H2,1-3H3,(H2,25,26,32). The molecule has 1 saturated heterocycles. The van der Waals surface area contributed by atoms with Crippen molar-refractivity contribution in [1.29, 1.82) is 0 Å². The van der Waals surface area contributed by atoms with Crippen LogP contribution in [0, 0.1) is 6.92 Å². The zero-order chi connectivity index (χ0) is 24.6. The molecule has 0 aliphatic carbocycles. The minimum atomic E-state index is -1.50. The smallest absolute Gasteiger partial charge is 0.344 e. The molecule has 1 aromatic heterocycles. The molecule has 1 aromatic carbocycles. The second-order valence-electron chi connectivity index (χ2n) is 8.94. The fraction of sp³-hybridized carbons (Fsp3) is 0.455. The van der Waals surface area contributed by atoms with Crippen molar-refractivity contribution >= 4 is 35.3 Å². The molecule has 0 spiro atoms. The fourth-order valence-electron chi connectivity index (χ4n) is 4.13. The first-order valence-electron chi connectivity index (χ1n) is 11.0. The number of hydrogen-bond acceptors (Lipinski definition) is 6. The van der Waals surface area contributed by atoms with E-state index in [9.17, 15) is 19.5 Å². The van der Waals surface area contributed by atoms with Crippen LogP contribution in [0.25, 0.3) is 0 Å². The minimum absolute atomic E-state index is 0.153. The number of amides is 4. The Bertz CT molecular complexity index is 1090. The van der Waals surface area contributed by atoms with Crippen LogP contribution < -0.4 is 10.6 Å². The first kappa shape index (κ1) is 24.0. The van der Waals surface area contributed by atoms with E-state index in [-0.39, 0.29) is 6.03 Å². The van der Waals surface area contributed by atoms with Crippen LogP contribution in [0.4, 0.5) is 15.3 Å². The number of hydrazine groups is 1. The number of imidazole rings is 1. The first-order chi connectivity index (χ1) is 16.0. The summed E-state index contributed by atoms with van der Waals surface area (Å²) in [4.78, 5) is 44.3. The van der Waals surface area contributed by atoms with Gasteiger partial charge in [0.1, 0.15) is 11.9 Å². The highest BCUT2D eigenvalue weighted by atomic mass is 35.5. The monoisotopic (exact) mass is 489 g/mol. The summed E-state index contributed by atoms with van der Waals surface area (Å²) in [7, 11) is 0. The Labute approximate surface area is 202 Å². The number of nitrogens with zero attached hydrogens (tertiary/aromatic N) is 5. The van der Waals surface area contributed by atoms with Gasteiger partial charge in [-0.3, -0.25) is 9.80 Å². The van der Waals surface area contributed by atoms with Gasteiger partial charge >= 0.3 is 12.1 Å². The van der Waals surface area contributed by atoms with E-state index < -0.39 is 23.6 Å². The molecule has 12 heteroatoms. The lowest BCUT2D eigenvalue weighted by atomic mass is 9.97. The SMILES string of the molecule is Cc1ncc2n1C(=O)N(N1CCN(C(=O)C(NC(=O)Nc3ccc(Cl)cc3)C(C)(C)O)CC1)C2. The number of carbonyl (C=O) groups excluding carboxylic acids is 3. The van der Waals surface area contributed by atoms with Crippen LogP contribution in [0.15, 0.2) is 30.5 Å². The normalized spacial score (nSPS) is 17.5. The quantitative estimate of drug-likeness (QED) is 0.587. The fourth-order valence-corrected chi connectivity index (χ4v) is 4.26. The molecular weight excluding hydrogens is 462 g/mol. The number of aliphatic hydroxyl groups is 1. The van der Waals surface area contributed by atoms with Crippen molar-refractivity contribution < 1.29 is 19.5 Å². The number of benzene rings is 1. The second kappa shape index (κ2) is 9.24. The largest absolute Gasteiger partial charge is 0.388 e. The maximum Gasteiger partial charge on any atom is 0.344 e. The summed E-state index contributed by atoms with van der Waals surface area (Å²) >= 11 is 5.86. The summed E-state index contributed by atoms with van der Waals surface area (Å²) in [6.45, 7) is 6.77. The maximum atomic E-state index is 13.2. The van der Waals surface area contributed by atoms with E-state index in [0.29, 0.717) is 49.3 Å². The van der Waals surface area contributed by atoms with E-state index in [2.05, 4.69) is 15.6 Å². The van der Waals surface area contributed by atoms with Crippen molar-refractivity contribution in [3.05, 3.63) is 47.0 Å². The molecule has 11 nitrogen and oxygen atoms in total. The van der Waals surface area contributed by atoms with E-state index in [4.69, 9.17) is 11.6 Å². The topological polar surface area (TPSA) is 123 Å². The van der Waals surface area contributed by atoms with Gasteiger partial charge in [0.2, 0.25) is 5.91 Å². The van der Waals surface area contributed by atoms with Gasteiger partial charge in [-0.25, -0.2) is 24.1 Å². The summed E-state index contributed by atoms with van der Waals surface area (Å²) in [6.07, 6.45) is 1.70. The summed E-state index contributed by atoms with van der Waals surface area (Å²) in [6, 6.07) is 4.61. The van der Waals surface area contributed by atoms with Crippen LogP contribution in [0.3, 0.4) is 0 Å². The number of rotatable bonds is 5. The van der Waals surface area contributed by atoms with Gasteiger partial charge in [0, 0.05) is 36.9 Å². The Kier molecular flexibility index (Phi) is 6.52. The molecule has 0 bridgehead atoms. The molecule has 34 heavy (non-hydrogen) atoms. The maximum absolute atomic E-state index is 13.2. The number of aromatic nitrogens is 2. The van der Waals surface area contributed by atoms with Gasteiger partial charge in [0.25, 0.3) is 0 Å². The van der Waals surface area contributed by atoms with Crippen LogP contribution in [0.1, 0.15) is 25.4 Å². The van der Waals surface area contributed by atoms with Gasteiger partial charge in [0.05, 0.1) is 24.0 Å². The van der Waals surface area contributed by atoms with Gasteiger partial charge in [0.15, 0.2) is 0 Å². The van der Waals surface area contributed by atoms with E-state index >= 15 is 0 Å².